The smallest absolute Gasteiger partial charge is 0.306 e. The highest BCUT2D eigenvalue weighted by Crippen LogP contribution is 2.18. The van der Waals surface area contributed by atoms with Crippen LogP contribution in [0, 0.1) is 0 Å². The summed E-state index contributed by atoms with van der Waals surface area (Å²) in [5, 5.41) is 8.68. The van der Waals surface area contributed by atoms with E-state index >= 15 is 0 Å². The highest BCUT2D eigenvalue weighted by Gasteiger charge is 2.13. The summed E-state index contributed by atoms with van der Waals surface area (Å²) >= 11 is 0. The highest BCUT2D eigenvalue weighted by molar-refractivity contribution is 5.69. The zero-order valence-electron chi connectivity index (χ0n) is 32.9. The molecule has 1 atom stereocenters. The Balaban J connectivity index is 3.69. The Kier molecular flexibility index (Phi) is 39.1. The van der Waals surface area contributed by atoms with Crippen LogP contribution in [0.25, 0.3) is 0 Å². The molecule has 0 heterocycles. The van der Waals surface area contributed by atoms with Crippen LogP contribution in [0.1, 0.15) is 213 Å². The van der Waals surface area contributed by atoms with Gasteiger partial charge in [0.25, 0.3) is 0 Å². The summed E-state index contributed by atoms with van der Waals surface area (Å²) in [6, 6.07) is 0. The van der Waals surface area contributed by atoms with Crippen LogP contribution in [-0.2, 0) is 14.3 Å². The number of carboxylic acids is 1. The molecule has 288 valence electrons. The molecule has 0 saturated carbocycles. The molecule has 0 amide bonds. The van der Waals surface area contributed by atoms with E-state index in [1.807, 2.05) is 0 Å². The third-order valence-corrected chi connectivity index (χ3v) is 9.25. The summed E-state index contributed by atoms with van der Waals surface area (Å²) in [4.78, 5) is 23.1. The second kappa shape index (κ2) is 41.1. The number of hydrogen-bond acceptors (Lipinski definition) is 3. The number of carboxylic acid groups (broad SMARTS) is 1. The van der Waals surface area contributed by atoms with Crippen LogP contribution >= 0.6 is 0 Å². The van der Waals surface area contributed by atoms with E-state index in [9.17, 15) is 9.59 Å². The van der Waals surface area contributed by atoms with Gasteiger partial charge >= 0.3 is 11.9 Å². The van der Waals surface area contributed by atoms with Crippen molar-refractivity contribution >= 4 is 11.9 Å². The molecule has 0 aromatic heterocycles. The molecule has 0 radical (unpaired) electrons. The summed E-state index contributed by atoms with van der Waals surface area (Å²) in [7, 11) is 0. The first kappa shape index (κ1) is 47.6. The Morgan fingerprint density at radius 3 is 1.30 bits per heavy atom. The minimum atomic E-state index is -0.668. The van der Waals surface area contributed by atoms with Gasteiger partial charge in [0.15, 0.2) is 0 Å². The first-order chi connectivity index (χ1) is 24.6. The average Bonchev–Trinajstić information content (AvgIpc) is 3.10. The van der Waals surface area contributed by atoms with Gasteiger partial charge in [0.05, 0.1) is 0 Å². The zero-order chi connectivity index (χ0) is 36.4. The third kappa shape index (κ3) is 40.1. The molecule has 0 fully saturated rings. The fraction of sp³-hybridized carbons (Fsp3) is 0.739. The molecule has 0 aromatic carbocycles. The molecule has 50 heavy (non-hydrogen) atoms. The number of carbonyl (C=O) groups excluding carboxylic acids is 1. The van der Waals surface area contributed by atoms with Crippen molar-refractivity contribution < 1.29 is 19.4 Å². The normalized spacial score (nSPS) is 12.8. The molecule has 1 N–H and O–H groups in total. The number of hydrogen-bond donors (Lipinski definition) is 1. The number of ether oxygens (including phenoxy) is 1. The lowest BCUT2D eigenvalue weighted by molar-refractivity contribution is -0.150. The van der Waals surface area contributed by atoms with Gasteiger partial charge in [0, 0.05) is 12.8 Å². The summed E-state index contributed by atoms with van der Waals surface area (Å²) in [5.41, 5.74) is 0. The third-order valence-electron chi connectivity index (χ3n) is 9.25. The molecule has 0 aromatic rings. The topological polar surface area (TPSA) is 63.6 Å². The van der Waals surface area contributed by atoms with E-state index in [1.54, 1.807) is 0 Å². The van der Waals surface area contributed by atoms with Crippen LogP contribution in [0.3, 0.4) is 0 Å². The second-order valence-electron chi connectivity index (χ2n) is 14.2. The molecule has 0 aliphatic carbocycles. The molecular formula is C46H80O4. The largest absolute Gasteiger partial charge is 0.481 e. The van der Waals surface area contributed by atoms with Crippen LogP contribution in [0.4, 0.5) is 0 Å². The van der Waals surface area contributed by atoms with Crippen molar-refractivity contribution in [3.63, 3.8) is 0 Å². The quantitative estimate of drug-likeness (QED) is 0.0396. The van der Waals surface area contributed by atoms with E-state index in [-0.39, 0.29) is 12.1 Å². The van der Waals surface area contributed by atoms with Gasteiger partial charge in [-0.05, 0) is 77.0 Å². The summed E-state index contributed by atoms with van der Waals surface area (Å²) in [5.74, 6) is -0.651. The van der Waals surface area contributed by atoms with Crippen LogP contribution in [0.2, 0.25) is 0 Å². The summed E-state index contributed by atoms with van der Waals surface area (Å²) in [6.45, 7) is 4.38. The summed E-state index contributed by atoms with van der Waals surface area (Å²) in [6.07, 6.45) is 57.3. The molecule has 4 nitrogen and oxygen atoms in total. The Labute approximate surface area is 310 Å². The number of unbranched alkanes of at least 4 members (excludes halogenated alkanes) is 19. The number of allylic oxidation sites excluding steroid dienone is 10. The van der Waals surface area contributed by atoms with E-state index < -0.39 is 5.97 Å². The summed E-state index contributed by atoms with van der Waals surface area (Å²) < 4.78 is 5.94. The van der Waals surface area contributed by atoms with Gasteiger partial charge in [-0.25, -0.2) is 0 Å². The standard InChI is InChI=1S/C46H80O4/c1-3-5-7-8-9-10-11-12-13-14-15-16-17-18-19-24-27-30-33-36-39-43-46(49)50-44(40-6-4-2)41-37-34-31-28-25-22-20-21-23-26-29-32-35-38-42-45(47)48/h5,7,9-10,12-13,15-16,18-19,44H,3-4,6,8,11,14,17,20-43H2,1-2H3,(H,47,48)/b7-5-,10-9-,13-12-,16-15-,19-18-. The Bertz CT molecular complexity index is 881. The Morgan fingerprint density at radius 2 is 0.840 bits per heavy atom. The first-order valence-corrected chi connectivity index (χ1v) is 21.3. The fourth-order valence-electron chi connectivity index (χ4n) is 6.14. The molecule has 0 aliphatic heterocycles. The van der Waals surface area contributed by atoms with Crippen LogP contribution < -0.4 is 0 Å². The van der Waals surface area contributed by atoms with Crippen LogP contribution in [0.5, 0.6) is 0 Å². The van der Waals surface area contributed by atoms with Crippen molar-refractivity contribution in [2.45, 2.75) is 219 Å². The molecule has 0 rings (SSSR count). The van der Waals surface area contributed by atoms with Crippen LogP contribution in [-0.4, -0.2) is 23.1 Å². The lowest BCUT2D eigenvalue weighted by Gasteiger charge is -2.18. The lowest BCUT2D eigenvalue weighted by Crippen LogP contribution is -2.18. The van der Waals surface area contributed by atoms with Crippen molar-refractivity contribution in [1.82, 2.24) is 0 Å². The number of esters is 1. The van der Waals surface area contributed by atoms with E-state index in [1.165, 1.54) is 96.3 Å². The lowest BCUT2D eigenvalue weighted by atomic mass is 10.0. The van der Waals surface area contributed by atoms with Gasteiger partial charge in [-0.3, -0.25) is 9.59 Å². The van der Waals surface area contributed by atoms with E-state index in [2.05, 4.69) is 74.6 Å². The maximum Gasteiger partial charge on any atom is 0.306 e. The van der Waals surface area contributed by atoms with Crippen molar-refractivity contribution in [2.24, 2.45) is 0 Å². The monoisotopic (exact) mass is 697 g/mol. The van der Waals surface area contributed by atoms with Crippen LogP contribution in [0.15, 0.2) is 60.8 Å². The van der Waals surface area contributed by atoms with Gasteiger partial charge in [0.1, 0.15) is 6.10 Å². The second-order valence-corrected chi connectivity index (χ2v) is 14.2. The molecule has 0 saturated heterocycles. The van der Waals surface area contributed by atoms with E-state index in [4.69, 9.17) is 9.84 Å². The predicted octanol–water partition coefficient (Wildman–Crippen LogP) is 14.9. The van der Waals surface area contributed by atoms with Gasteiger partial charge in [-0.2, -0.15) is 0 Å². The molecule has 1 unspecified atom stereocenters. The molecule has 0 bridgehead atoms. The van der Waals surface area contributed by atoms with Gasteiger partial charge in [0.2, 0.25) is 0 Å². The number of aliphatic carboxylic acids is 1. The van der Waals surface area contributed by atoms with Crippen molar-refractivity contribution in [1.29, 1.82) is 0 Å². The Morgan fingerprint density at radius 1 is 0.460 bits per heavy atom. The van der Waals surface area contributed by atoms with E-state index in [0.717, 1.165) is 89.9 Å². The molecular weight excluding hydrogens is 617 g/mol. The minimum absolute atomic E-state index is 0.0167. The maximum atomic E-state index is 12.5. The van der Waals surface area contributed by atoms with Gasteiger partial charge in [-0.15, -0.1) is 0 Å². The van der Waals surface area contributed by atoms with Gasteiger partial charge in [-0.1, -0.05) is 184 Å². The number of rotatable bonds is 38. The van der Waals surface area contributed by atoms with Crippen molar-refractivity contribution in [2.75, 3.05) is 0 Å². The SMILES string of the molecule is CC/C=C\C/C=C\C/C=C\C/C=C\C/C=C\CCCCCCCC(=O)OC(CCCC)CCCCCCCCCCCCCCCCC(=O)O. The first-order valence-electron chi connectivity index (χ1n) is 21.3. The van der Waals surface area contributed by atoms with Crippen molar-refractivity contribution in [3.05, 3.63) is 60.8 Å². The van der Waals surface area contributed by atoms with Crippen molar-refractivity contribution in [3.8, 4) is 0 Å². The molecule has 4 heteroatoms. The Hall–Kier alpha value is -2.36. The number of carbonyl (C=O) groups is 2. The fourth-order valence-corrected chi connectivity index (χ4v) is 6.14. The molecule has 0 spiro atoms. The predicted molar refractivity (Wildman–Crippen MR) is 218 cm³/mol. The maximum absolute atomic E-state index is 12.5. The highest BCUT2D eigenvalue weighted by atomic mass is 16.5. The van der Waals surface area contributed by atoms with E-state index in [0.29, 0.717) is 12.8 Å². The van der Waals surface area contributed by atoms with Gasteiger partial charge < -0.3 is 9.84 Å². The minimum Gasteiger partial charge on any atom is -0.481 e. The molecule has 0 aliphatic rings. The average molecular weight is 697 g/mol. The zero-order valence-corrected chi connectivity index (χ0v) is 32.9.